The topological polar surface area (TPSA) is 104 Å². The first-order valence-corrected chi connectivity index (χ1v) is 4.51. The van der Waals surface area contributed by atoms with E-state index in [2.05, 4.69) is 6.58 Å². The van der Waals surface area contributed by atoms with Crippen LogP contribution in [-0.4, -0.2) is 72.0 Å². The molecule has 3 N–H and O–H groups in total. The zero-order valence-corrected chi connectivity index (χ0v) is 7.20. The van der Waals surface area contributed by atoms with E-state index >= 15 is 0 Å². The summed E-state index contributed by atoms with van der Waals surface area (Å²) in [7, 11) is -3.86. The van der Waals surface area contributed by atoms with Crippen LogP contribution >= 0.6 is 0 Å². The van der Waals surface area contributed by atoms with Gasteiger partial charge in [-0.15, -0.1) is 6.58 Å². The fourth-order valence-corrected chi connectivity index (χ4v) is 0.659. The first-order chi connectivity index (χ1) is 5.56. The molecule has 0 bridgehead atoms. The molecule has 0 aliphatic heterocycles. The molecule has 8 heteroatoms. The quantitative estimate of drug-likeness (QED) is 0.144. The fourth-order valence-electron chi connectivity index (χ4n) is 0.331. The predicted molar refractivity (Wildman–Crippen MR) is 49.8 cm³/mol. The van der Waals surface area contributed by atoms with Crippen molar-refractivity contribution < 1.29 is 28.2 Å². The summed E-state index contributed by atoms with van der Waals surface area (Å²) in [5, 5.41) is 12.0. The molecule has 0 fully saturated rings. The second-order valence-corrected chi connectivity index (χ2v) is 3.22. The maximum atomic E-state index is 10.0. The van der Waals surface area contributed by atoms with Gasteiger partial charge >= 0.3 is 29.6 Å². The Bertz CT molecular complexity index is 189. The van der Waals surface area contributed by atoms with Gasteiger partial charge in [-0.3, -0.25) is 15.1 Å². The summed E-state index contributed by atoms with van der Waals surface area (Å²) in [6, 6.07) is 0. The van der Waals surface area contributed by atoms with Crippen LogP contribution in [-0.2, 0) is 14.9 Å². The molecule has 0 saturated heterocycles. The van der Waals surface area contributed by atoms with Crippen LogP contribution in [0, 0.1) is 0 Å². The van der Waals surface area contributed by atoms with E-state index in [0.29, 0.717) is 6.61 Å². The summed E-state index contributed by atoms with van der Waals surface area (Å²) in [5.41, 5.74) is 0. The standard InChI is InChI=1S/C5H10O4S.Na.H2O2.H/c1-2-3-9-4-5-10(6,7)8;;1-2;/h2H,1,3-5H2,(H,6,7,8);;1-2H;. The predicted octanol–water partition coefficient (Wildman–Crippen LogP) is -0.554. The third-order valence-corrected chi connectivity index (χ3v) is 1.40. The molecule has 6 nitrogen and oxygen atoms in total. The Morgan fingerprint density at radius 3 is 2.15 bits per heavy atom. The third-order valence-electron chi connectivity index (χ3n) is 0.721. The molecular formula is C5H13NaO6S. The van der Waals surface area contributed by atoms with Crippen molar-refractivity contribution in [1.29, 1.82) is 0 Å². The van der Waals surface area contributed by atoms with Gasteiger partial charge in [0.25, 0.3) is 10.1 Å². The van der Waals surface area contributed by atoms with Crippen LogP contribution in [0.1, 0.15) is 0 Å². The van der Waals surface area contributed by atoms with Crippen LogP contribution in [0.25, 0.3) is 0 Å². The third kappa shape index (κ3) is 24.5. The second-order valence-electron chi connectivity index (χ2n) is 1.65. The fraction of sp³-hybridized carbons (Fsp3) is 0.600. The van der Waals surface area contributed by atoms with Gasteiger partial charge in [0, 0.05) is 0 Å². The van der Waals surface area contributed by atoms with E-state index in [4.69, 9.17) is 19.8 Å². The first kappa shape index (κ1) is 19.2. The van der Waals surface area contributed by atoms with E-state index in [1.54, 1.807) is 0 Å². The number of hydrogen-bond donors (Lipinski definition) is 3. The van der Waals surface area contributed by atoms with Crippen molar-refractivity contribution in [1.82, 2.24) is 0 Å². The van der Waals surface area contributed by atoms with E-state index in [1.807, 2.05) is 0 Å². The monoisotopic (exact) mass is 224 g/mol. The molecule has 0 radical (unpaired) electrons. The van der Waals surface area contributed by atoms with E-state index in [1.165, 1.54) is 6.08 Å². The summed E-state index contributed by atoms with van der Waals surface area (Å²) in [4.78, 5) is 0. The molecule has 0 spiro atoms. The molecule has 0 saturated carbocycles. The van der Waals surface area contributed by atoms with Gasteiger partial charge in [0.1, 0.15) is 0 Å². The Balaban J connectivity index is -0.000000309. The minimum absolute atomic E-state index is 0. The summed E-state index contributed by atoms with van der Waals surface area (Å²) in [6.07, 6.45) is 1.50. The van der Waals surface area contributed by atoms with Gasteiger partial charge in [0.05, 0.1) is 19.0 Å². The van der Waals surface area contributed by atoms with E-state index in [0.717, 1.165) is 0 Å². The summed E-state index contributed by atoms with van der Waals surface area (Å²) in [5.74, 6) is -0.360. The summed E-state index contributed by atoms with van der Waals surface area (Å²) >= 11 is 0. The molecular weight excluding hydrogens is 211 g/mol. The second kappa shape index (κ2) is 12.5. The van der Waals surface area contributed by atoms with Crippen molar-refractivity contribution in [3.05, 3.63) is 12.7 Å². The van der Waals surface area contributed by atoms with Crippen LogP contribution in [0.15, 0.2) is 12.7 Å². The van der Waals surface area contributed by atoms with E-state index in [9.17, 15) is 8.42 Å². The molecule has 0 unspecified atom stereocenters. The van der Waals surface area contributed by atoms with Gasteiger partial charge in [-0.1, -0.05) is 6.08 Å². The van der Waals surface area contributed by atoms with Gasteiger partial charge in [0.15, 0.2) is 0 Å². The zero-order valence-electron chi connectivity index (χ0n) is 6.38. The Kier molecular flexibility index (Phi) is 18.5. The average Bonchev–Trinajstić information content (AvgIpc) is 2.01. The molecule has 0 aromatic heterocycles. The Morgan fingerprint density at radius 1 is 1.38 bits per heavy atom. The Hall–Kier alpha value is 0.530. The summed E-state index contributed by atoms with van der Waals surface area (Å²) < 4.78 is 33.0. The zero-order chi connectivity index (χ0) is 10.0. The molecule has 0 aliphatic rings. The Labute approximate surface area is 99.2 Å². The van der Waals surface area contributed by atoms with Crippen molar-refractivity contribution in [3.8, 4) is 0 Å². The van der Waals surface area contributed by atoms with Crippen molar-refractivity contribution in [2.45, 2.75) is 0 Å². The summed E-state index contributed by atoms with van der Waals surface area (Å²) in [6.45, 7) is 3.66. The first-order valence-electron chi connectivity index (χ1n) is 2.90. The number of ether oxygens (including phenoxy) is 1. The van der Waals surface area contributed by atoms with Crippen molar-refractivity contribution >= 4 is 39.7 Å². The Morgan fingerprint density at radius 2 is 1.85 bits per heavy atom. The van der Waals surface area contributed by atoms with Gasteiger partial charge in [0.2, 0.25) is 0 Å². The van der Waals surface area contributed by atoms with Crippen LogP contribution in [0.4, 0.5) is 0 Å². The molecule has 0 aromatic carbocycles. The van der Waals surface area contributed by atoms with Crippen LogP contribution in [0.5, 0.6) is 0 Å². The minimum atomic E-state index is -3.86. The van der Waals surface area contributed by atoms with E-state index < -0.39 is 10.1 Å². The van der Waals surface area contributed by atoms with Crippen molar-refractivity contribution in [3.63, 3.8) is 0 Å². The number of rotatable bonds is 5. The van der Waals surface area contributed by atoms with E-state index in [-0.39, 0.29) is 41.9 Å². The van der Waals surface area contributed by atoms with Gasteiger partial charge in [-0.25, -0.2) is 0 Å². The molecule has 0 rings (SSSR count). The van der Waals surface area contributed by atoms with Gasteiger partial charge in [-0.05, 0) is 0 Å². The number of hydrogen-bond acceptors (Lipinski definition) is 5. The van der Waals surface area contributed by atoms with Crippen LogP contribution in [0.3, 0.4) is 0 Å². The molecule has 13 heavy (non-hydrogen) atoms. The maximum absolute atomic E-state index is 10.0. The molecule has 0 heterocycles. The SMILES string of the molecule is C=CCOCCS(=O)(=O)O.OO.[NaH]. The van der Waals surface area contributed by atoms with Crippen molar-refractivity contribution in [2.24, 2.45) is 0 Å². The van der Waals surface area contributed by atoms with Gasteiger partial charge in [-0.2, -0.15) is 8.42 Å². The van der Waals surface area contributed by atoms with Crippen LogP contribution in [0.2, 0.25) is 0 Å². The van der Waals surface area contributed by atoms with Gasteiger partial charge < -0.3 is 4.74 Å². The van der Waals surface area contributed by atoms with Crippen LogP contribution < -0.4 is 0 Å². The molecule has 0 aromatic rings. The molecule has 0 atom stereocenters. The molecule has 0 aliphatic carbocycles. The average molecular weight is 224 g/mol. The molecule has 0 amide bonds. The molecule has 76 valence electrons. The van der Waals surface area contributed by atoms with Crippen molar-refractivity contribution in [2.75, 3.05) is 19.0 Å². The normalized spacial score (nSPS) is 9.15.